The second kappa shape index (κ2) is 10.8. The highest BCUT2D eigenvalue weighted by Crippen LogP contribution is 1.95. The Morgan fingerprint density at radius 2 is 2.07 bits per heavy atom. The quantitative estimate of drug-likeness (QED) is 0.477. The molecule has 0 spiro atoms. The molecule has 0 atom stereocenters. The van der Waals surface area contributed by atoms with E-state index in [1.807, 2.05) is 0 Å². The molecule has 0 fully saturated rings. The molecule has 0 aromatic rings. The van der Waals surface area contributed by atoms with Crippen molar-refractivity contribution in [1.82, 2.24) is 5.32 Å². The summed E-state index contributed by atoms with van der Waals surface area (Å²) in [6.45, 7) is 1.57. The van der Waals surface area contributed by atoms with Gasteiger partial charge in [0.05, 0.1) is 0 Å². The molecule has 4 heteroatoms. The van der Waals surface area contributed by atoms with Crippen molar-refractivity contribution < 1.29 is 9.53 Å². The Morgan fingerprint density at radius 3 is 2.71 bits per heavy atom. The number of hydrogen-bond acceptors (Lipinski definition) is 2. The highest BCUT2D eigenvalue weighted by Gasteiger charge is 1.98. The minimum atomic E-state index is 0.109. The Morgan fingerprint density at radius 1 is 1.29 bits per heavy atom. The Hall–Kier alpha value is -0.280. The number of unbranched alkanes of at least 4 members (excludes halogenated alkanes) is 2. The largest absolute Gasteiger partial charge is 0.385 e. The number of carbonyl (C=O) groups excluding carboxylic acids is 1. The minimum absolute atomic E-state index is 0.109. The van der Waals surface area contributed by atoms with Crippen LogP contribution in [-0.2, 0) is 9.53 Å². The van der Waals surface area contributed by atoms with Gasteiger partial charge in [-0.15, -0.1) is 11.6 Å². The lowest BCUT2D eigenvalue weighted by atomic mass is 10.2. The fourth-order valence-electron chi connectivity index (χ4n) is 1.09. The van der Waals surface area contributed by atoms with Crippen LogP contribution in [0.5, 0.6) is 0 Å². The predicted molar refractivity (Wildman–Crippen MR) is 58.7 cm³/mol. The Labute approximate surface area is 91.2 Å². The van der Waals surface area contributed by atoms with Gasteiger partial charge in [-0.05, 0) is 25.7 Å². The lowest BCUT2D eigenvalue weighted by Crippen LogP contribution is -2.24. The van der Waals surface area contributed by atoms with Crippen LogP contribution in [0.25, 0.3) is 0 Å². The van der Waals surface area contributed by atoms with Crippen molar-refractivity contribution in [3.8, 4) is 0 Å². The van der Waals surface area contributed by atoms with Crippen LogP contribution in [0.3, 0.4) is 0 Å². The van der Waals surface area contributed by atoms with E-state index in [9.17, 15) is 4.79 Å². The highest BCUT2D eigenvalue weighted by atomic mass is 35.5. The van der Waals surface area contributed by atoms with Crippen molar-refractivity contribution in [2.75, 3.05) is 26.1 Å². The first-order valence-corrected chi connectivity index (χ1v) is 5.66. The van der Waals surface area contributed by atoms with Crippen molar-refractivity contribution in [3.63, 3.8) is 0 Å². The average Bonchev–Trinajstić information content (AvgIpc) is 2.20. The fraction of sp³-hybridized carbons (Fsp3) is 0.900. The second-order valence-electron chi connectivity index (χ2n) is 3.20. The van der Waals surface area contributed by atoms with Crippen molar-refractivity contribution in [2.24, 2.45) is 0 Å². The van der Waals surface area contributed by atoms with Crippen LogP contribution in [0.4, 0.5) is 0 Å². The molecule has 0 saturated carbocycles. The Kier molecular flexibility index (Phi) is 10.6. The number of alkyl halides is 1. The minimum Gasteiger partial charge on any atom is -0.385 e. The van der Waals surface area contributed by atoms with Crippen molar-refractivity contribution in [1.29, 1.82) is 0 Å². The molecule has 0 aliphatic carbocycles. The summed E-state index contributed by atoms with van der Waals surface area (Å²) >= 11 is 5.47. The molecular weight excluding hydrogens is 202 g/mol. The third-order valence-corrected chi connectivity index (χ3v) is 2.15. The van der Waals surface area contributed by atoms with Crippen molar-refractivity contribution >= 4 is 17.5 Å². The maximum Gasteiger partial charge on any atom is 0.220 e. The molecular formula is C10H20ClNO2. The van der Waals surface area contributed by atoms with E-state index in [-0.39, 0.29) is 5.91 Å². The van der Waals surface area contributed by atoms with Crippen LogP contribution >= 0.6 is 11.6 Å². The molecule has 0 aromatic carbocycles. The molecule has 1 N–H and O–H groups in total. The highest BCUT2D eigenvalue weighted by molar-refractivity contribution is 6.17. The van der Waals surface area contributed by atoms with E-state index in [0.717, 1.165) is 38.8 Å². The zero-order chi connectivity index (χ0) is 10.6. The van der Waals surface area contributed by atoms with E-state index in [4.69, 9.17) is 16.3 Å². The number of methoxy groups -OCH3 is 1. The molecule has 0 radical (unpaired) electrons. The molecule has 0 aliphatic heterocycles. The number of rotatable bonds is 9. The summed E-state index contributed by atoms with van der Waals surface area (Å²) < 4.78 is 4.92. The van der Waals surface area contributed by atoms with Crippen molar-refractivity contribution in [2.45, 2.75) is 32.1 Å². The first-order valence-electron chi connectivity index (χ1n) is 5.13. The van der Waals surface area contributed by atoms with Crippen LogP contribution in [-0.4, -0.2) is 32.0 Å². The summed E-state index contributed by atoms with van der Waals surface area (Å²) in [7, 11) is 1.70. The van der Waals surface area contributed by atoms with E-state index >= 15 is 0 Å². The first-order chi connectivity index (χ1) is 6.81. The maximum absolute atomic E-state index is 11.1. The molecule has 0 heterocycles. The van der Waals surface area contributed by atoms with Gasteiger partial charge in [-0.3, -0.25) is 4.79 Å². The van der Waals surface area contributed by atoms with Gasteiger partial charge < -0.3 is 10.1 Å². The van der Waals surface area contributed by atoms with Crippen LogP contribution in [0.1, 0.15) is 32.1 Å². The molecule has 3 nitrogen and oxygen atoms in total. The van der Waals surface area contributed by atoms with Crippen LogP contribution in [0.15, 0.2) is 0 Å². The zero-order valence-corrected chi connectivity index (χ0v) is 9.61. The molecule has 0 saturated heterocycles. The third kappa shape index (κ3) is 9.81. The Bertz CT molecular complexity index is 142. The van der Waals surface area contributed by atoms with Gasteiger partial charge in [0.25, 0.3) is 0 Å². The molecule has 0 aliphatic rings. The number of hydrogen-bond donors (Lipinski definition) is 1. The van der Waals surface area contributed by atoms with Gasteiger partial charge >= 0.3 is 0 Å². The van der Waals surface area contributed by atoms with Gasteiger partial charge in [-0.2, -0.15) is 0 Å². The number of amides is 1. The van der Waals surface area contributed by atoms with Gasteiger partial charge in [0, 0.05) is 32.6 Å². The molecule has 1 amide bonds. The van der Waals surface area contributed by atoms with Crippen LogP contribution < -0.4 is 5.32 Å². The summed E-state index contributed by atoms with van der Waals surface area (Å²) in [6.07, 6.45) is 4.49. The standard InChI is InChI=1S/C10H20ClNO2/c1-14-9-4-2-3-8-12-10(13)6-5-7-11/h2-9H2,1H3,(H,12,13). The van der Waals surface area contributed by atoms with Gasteiger partial charge in [-0.1, -0.05) is 0 Å². The Balaban J connectivity index is 3.07. The summed E-state index contributed by atoms with van der Waals surface area (Å²) in [5, 5.41) is 2.86. The monoisotopic (exact) mass is 221 g/mol. The summed E-state index contributed by atoms with van der Waals surface area (Å²) in [5.74, 6) is 0.666. The first kappa shape index (κ1) is 13.7. The zero-order valence-electron chi connectivity index (χ0n) is 8.85. The van der Waals surface area contributed by atoms with E-state index in [1.165, 1.54) is 0 Å². The fourth-order valence-corrected chi connectivity index (χ4v) is 1.23. The molecule has 0 rings (SSSR count). The number of halogens is 1. The SMILES string of the molecule is COCCCCCNC(=O)CCCCl. The van der Waals surface area contributed by atoms with Crippen LogP contribution in [0, 0.1) is 0 Å². The van der Waals surface area contributed by atoms with Crippen LogP contribution in [0.2, 0.25) is 0 Å². The molecule has 84 valence electrons. The molecule has 14 heavy (non-hydrogen) atoms. The lowest BCUT2D eigenvalue weighted by Gasteiger charge is -2.03. The molecule has 0 bridgehead atoms. The third-order valence-electron chi connectivity index (χ3n) is 1.88. The summed E-state index contributed by atoms with van der Waals surface area (Å²) in [6, 6.07) is 0. The van der Waals surface area contributed by atoms with Gasteiger partial charge in [-0.25, -0.2) is 0 Å². The van der Waals surface area contributed by atoms with E-state index in [0.29, 0.717) is 12.3 Å². The van der Waals surface area contributed by atoms with Crippen molar-refractivity contribution in [3.05, 3.63) is 0 Å². The maximum atomic E-state index is 11.1. The summed E-state index contributed by atoms with van der Waals surface area (Å²) in [4.78, 5) is 11.1. The van der Waals surface area contributed by atoms with E-state index < -0.39 is 0 Å². The average molecular weight is 222 g/mol. The predicted octanol–water partition coefficient (Wildman–Crippen LogP) is 1.94. The van der Waals surface area contributed by atoms with Gasteiger partial charge in [0.2, 0.25) is 5.91 Å². The van der Waals surface area contributed by atoms with Gasteiger partial charge in [0.15, 0.2) is 0 Å². The normalized spacial score (nSPS) is 10.1. The van der Waals surface area contributed by atoms with E-state index in [1.54, 1.807) is 7.11 Å². The molecule has 0 aromatic heterocycles. The van der Waals surface area contributed by atoms with E-state index in [2.05, 4.69) is 5.32 Å². The second-order valence-corrected chi connectivity index (χ2v) is 3.57. The lowest BCUT2D eigenvalue weighted by molar-refractivity contribution is -0.121. The van der Waals surface area contributed by atoms with Gasteiger partial charge in [0.1, 0.15) is 0 Å². The number of ether oxygens (including phenoxy) is 1. The molecule has 0 unspecified atom stereocenters. The summed E-state index contributed by atoms with van der Waals surface area (Å²) in [5.41, 5.74) is 0. The number of nitrogens with one attached hydrogen (secondary N) is 1. The number of carbonyl (C=O) groups is 1. The topological polar surface area (TPSA) is 38.3 Å². The smallest absolute Gasteiger partial charge is 0.220 e.